The zero-order chi connectivity index (χ0) is 17.5. The maximum Gasteiger partial charge on any atom is 0.314 e. The molecule has 1 unspecified atom stereocenters. The predicted molar refractivity (Wildman–Crippen MR) is 94.1 cm³/mol. The van der Waals surface area contributed by atoms with Gasteiger partial charge in [-0.1, -0.05) is 6.07 Å². The number of quaternary nitrogens is 1. The number of benzene rings is 1. The number of aryl methyl sites for hydroxylation is 2. The molecule has 1 aliphatic heterocycles. The fourth-order valence-corrected chi connectivity index (χ4v) is 3.40. The molecule has 0 bridgehead atoms. The molecule has 24 heavy (non-hydrogen) atoms. The fraction of sp³-hybridized carbons (Fsp3) is 0.579. The number of nitrogens with one attached hydrogen (secondary N) is 2. The number of anilines is 1. The second kappa shape index (κ2) is 8.83. The minimum absolute atomic E-state index is 0.0174. The summed E-state index contributed by atoms with van der Waals surface area (Å²) in [6.45, 7) is 8.87. The molecule has 1 aliphatic rings. The number of likely N-dealkylation sites (tertiary alicyclic amines) is 1. The number of carbonyl (C=O) groups is 2. The van der Waals surface area contributed by atoms with Gasteiger partial charge >= 0.3 is 5.97 Å². The summed E-state index contributed by atoms with van der Waals surface area (Å²) >= 11 is 0. The van der Waals surface area contributed by atoms with Crippen molar-refractivity contribution < 1.29 is 19.2 Å². The van der Waals surface area contributed by atoms with E-state index in [0.717, 1.165) is 49.3 Å². The lowest BCUT2D eigenvalue weighted by Crippen LogP contribution is -3.13. The van der Waals surface area contributed by atoms with Gasteiger partial charge in [-0.3, -0.25) is 9.59 Å². The molecule has 2 N–H and O–H groups in total. The summed E-state index contributed by atoms with van der Waals surface area (Å²) in [4.78, 5) is 25.4. The molecule has 132 valence electrons. The Bertz CT molecular complexity index is 566. The molecule has 1 aromatic rings. The molecule has 2 rings (SSSR count). The number of piperidine rings is 1. The standard InChI is InChI=1S/C19H28N2O3/c1-4-24-19(23)16-6-5-8-21(13-16)9-7-18(22)20-17-11-14(2)10-15(3)12-17/h10-12,16H,4-9,13H2,1-3H3,(H,20,22)/p+1/t16-/m0/s1. The Kier molecular flexibility index (Phi) is 6.79. The van der Waals surface area contributed by atoms with Crippen LogP contribution < -0.4 is 10.2 Å². The maximum atomic E-state index is 12.2. The highest BCUT2D eigenvalue weighted by molar-refractivity contribution is 5.90. The van der Waals surface area contributed by atoms with Gasteiger partial charge in [-0.25, -0.2) is 0 Å². The lowest BCUT2D eigenvalue weighted by Gasteiger charge is -2.28. The number of amides is 1. The molecule has 5 nitrogen and oxygen atoms in total. The molecule has 1 fully saturated rings. The van der Waals surface area contributed by atoms with Gasteiger partial charge < -0.3 is 15.0 Å². The van der Waals surface area contributed by atoms with Crippen molar-refractivity contribution in [2.75, 3.05) is 31.6 Å². The first-order valence-electron chi connectivity index (χ1n) is 8.86. The van der Waals surface area contributed by atoms with Crippen LogP contribution in [0.25, 0.3) is 0 Å². The number of hydrogen-bond donors (Lipinski definition) is 2. The Balaban J connectivity index is 1.79. The van der Waals surface area contributed by atoms with Crippen LogP contribution in [0.5, 0.6) is 0 Å². The molecule has 0 saturated carbocycles. The fourth-order valence-electron chi connectivity index (χ4n) is 3.40. The van der Waals surface area contributed by atoms with Gasteiger partial charge in [-0.15, -0.1) is 0 Å². The molecule has 2 atom stereocenters. The average Bonchev–Trinajstić information content (AvgIpc) is 2.52. The van der Waals surface area contributed by atoms with E-state index in [-0.39, 0.29) is 17.8 Å². The SMILES string of the molecule is CCOC(=O)[C@H]1CCC[NH+](CCC(=O)Nc2cc(C)cc(C)c2)C1. The molecule has 0 radical (unpaired) electrons. The van der Waals surface area contributed by atoms with Crippen LogP contribution in [0.4, 0.5) is 5.69 Å². The van der Waals surface area contributed by atoms with E-state index in [4.69, 9.17) is 4.74 Å². The normalized spacial score (nSPS) is 20.5. The molecular formula is C19H29N2O3+. The number of carbonyl (C=O) groups excluding carboxylic acids is 2. The van der Waals surface area contributed by atoms with Crippen molar-refractivity contribution >= 4 is 17.6 Å². The molecule has 0 aromatic heterocycles. The van der Waals surface area contributed by atoms with Crippen LogP contribution in [0.2, 0.25) is 0 Å². The third-order valence-electron chi connectivity index (χ3n) is 4.45. The van der Waals surface area contributed by atoms with E-state index in [9.17, 15) is 9.59 Å². The largest absolute Gasteiger partial charge is 0.466 e. The molecule has 1 aromatic carbocycles. The van der Waals surface area contributed by atoms with Gasteiger partial charge in [0.2, 0.25) is 5.91 Å². The van der Waals surface area contributed by atoms with Gasteiger partial charge in [-0.05, 0) is 56.9 Å². The minimum Gasteiger partial charge on any atom is -0.466 e. The van der Waals surface area contributed by atoms with Gasteiger partial charge in [0.25, 0.3) is 0 Å². The molecule has 1 amide bonds. The van der Waals surface area contributed by atoms with Crippen LogP contribution in [0, 0.1) is 19.8 Å². The number of ether oxygens (including phenoxy) is 1. The summed E-state index contributed by atoms with van der Waals surface area (Å²) in [5.74, 6) is -0.0728. The van der Waals surface area contributed by atoms with Gasteiger partial charge in [0.05, 0.1) is 32.7 Å². The Labute approximate surface area is 144 Å². The predicted octanol–water partition coefficient (Wildman–Crippen LogP) is 1.49. The zero-order valence-corrected chi connectivity index (χ0v) is 15.0. The van der Waals surface area contributed by atoms with Crippen LogP contribution >= 0.6 is 0 Å². The van der Waals surface area contributed by atoms with Crippen molar-refractivity contribution in [3.63, 3.8) is 0 Å². The molecular weight excluding hydrogens is 304 g/mol. The lowest BCUT2D eigenvalue weighted by molar-refractivity contribution is -0.906. The first-order chi connectivity index (χ1) is 11.5. The van der Waals surface area contributed by atoms with Crippen molar-refractivity contribution in [2.45, 2.75) is 40.0 Å². The number of esters is 1. The summed E-state index contributed by atoms with van der Waals surface area (Å²) in [6, 6.07) is 6.05. The third kappa shape index (κ3) is 5.64. The summed E-state index contributed by atoms with van der Waals surface area (Å²) < 4.78 is 5.13. The number of rotatable bonds is 6. The smallest absolute Gasteiger partial charge is 0.314 e. The second-order valence-electron chi connectivity index (χ2n) is 6.72. The highest BCUT2D eigenvalue weighted by Crippen LogP contribution is 2.14. The summed E-state index contributed by atoms with van der Waals surface area (Å²) in [5, 5.41) is 2.97. The third-order valence-corrected chi connectivity index (χ3v) is 4.45. The lowest BCUT2D eigenvalue weighted by atomic mass is 9.98. The van der Waals surface area contributed by atoms with E-state index in [1.165, 1.54) is 4.90 Å². The summed E-state index contributed by atoms with van der Waals surface area (Å²) in [5.41, 5.74) is 3.14. The monoisotopic (exact) mass is 333 g/mol. The molecule has 0 aliphatic carbocycles. The second-order valence-corrected chi connectivity index (χ2v) is 6.72. The van der Waals surface area contributed by atoms with E-state index in [0.29, 0.717) is 13.0 Å². The van der Waals surface area contributed by atoms with Crippen molar-refractivity contribution in [3.8, 4) is 0 Å². The first-order valence-corrected chi connectivity index (χ1v) is 8.86. The maximum absolute atomic E-state index is 12.2. The summed E-state index contributed by atoms with van der Waals surface area (Å²) in [7, 11) is 0. The minimum atomic E-state index is -0.0885. The molecule has 5 heteroatoms. The Morgan fingerprint density at radius 2 is 1.96 bits per heavy atom. The highest BCUT2D eigenvalue weighted by Gasteiger charge is 2.29. The average molecular weight is 333 g/mol. The summed E-state index contributed by atoms with van der Waals surface area (Å²) in [6.07, 6.45) is 2.38. The quantitative estimate of drug-likeness (QED) is 0.776. The van der Waals surface area contributed by atoms with Gasteiger partial charge in [0, 0.05) is 5.69 Å². The van der Waals surface area contributed by atoms with E-state index in [2.05, 4.69) is 11.4 Å². The van der Waals surface area contributed by atoms with E-state index >= 15 is 0 Å². The Hall–Kier alpha value is -1.88. The zero-order valence-electron chi connectivity index (χ0n) is 15.0. The van der Waals surface area contributed by atoms with Gasteiger partial charge in [0.15, 0.2) is 0 Å². The van der Waals surface area contributed by atoms with Gasteiger partial charge in [-0.2, -0.15) is 0 Å². The molecule has 1 saturated heterocycles. The van der Waals surface area contributed by atoms with E-state index in [1.54, 1.807) is 0 Å². The van der Waals surface area contributed by atoms with Crippen LogP contribution in [-0.4, -0.2) is 38.1 Å². The van der Waals surface area contributed by atoms with Crippen LogP contribution in [0.15, 0.2) is 18.2 Å². The van der Waals surface area contributed by atoms with Crippen molar-refractivity contribution in [3.05, 3.63) is 29.3 Å². The van der Waals surface area contributed by atoms with Crippen LogP contribution in [0.1, 0.15) is 37.3 Å². The molecule has 1 heterocycles. The van der Waals surface area contributed by atoms with E-state index in [1.807, 2.05) is 32.9 Å². The van der Waals surface area contributed by atoms with Crippen molar-refractivity contribution in [2.24, 2.45) is 5.92 Å². The highest BCUT2D eigenvalue weighted by atomic mass is 16.5. The Morgan fingerprint density at radius 3 is 2.62 bits per heavy atom. The van der Waals surface area contributed by atoms with Crippen molar-refractivity contribution in [1.29, 1.82) is 0 Å². The van der Waals surface area contributed by atoms with Gasteiger partial charge in [0.1, 0.15) is 5.92 Å². The first kappa shape index (κ1) is 18.5. The van der Waals surface area contributed by atoms with E-state index < -0.39 is 0 Å². The number of hydrogen-bond acceptors (Lipinski definition) is 3. The van der Waals surface area contributed by atoms with Crippen LogP contribution in [0.3, 0.4) is 0 Å². The molecule has 0 spiro atoms. The topological polar surface area (TPSA) is 59.8 Å². The van der Waals surface area contributed by atoms with Crippen LogP contribution in [-0.2, 0) is 14.3 Å². The Morgan fingerprint density at radius 1 is 1.25 bits per heavy atom. The van der Waals surface area contributed by atoms with Crippen molar-refractivity contribution in [1.82, 2.24) is 0 Å².